The van der Waals surface area contributed by atoms with E-state index in [1.165, 1.54) is 37.8 Å². The largest absolute Gasteiger partial charge is 0.351 e. The Bertz CT molecular complexity index is 3110. The minimum Gasteiger partial charge on any atom is -0.351 e. The van der Waals surface area contributed by atoms with Crippen LogP contribution >= 0.6 is 46.4 Å². The van der Waals surface area contributed by atoms with E-state index >= 15 is 0 Å². The maximum Gasteiger partial charge on any atom is 0.253 e. The first-order valence-electron chi connectivity index (χ1n) is 28.3. The minimum atomic E-state index is -4.17. The Morgan fingerprint density at radius 1 is 0.615 bits per heavy atom. The van der Waals surface area contributed by atoms with Gasteiger partial charge < -0.3 is 24.7 Å². The van der Waals surface area contributed by atoms with Gasteiger partial charge >= 0.3 is 0 Å². The molecular weight excluding hydrogens is 1110 g/mol. The summed E-state index contributed by atoms with van der Waals surface area (Å²) in [4.78, 5) is 32.6. The first-order chi connectivity index (χ1) is 36.8. The fourth-order valence-corrected chi connectivity index (χ4v) is 17.7. The van der Waals surface area contributed by atoms with Crippen LogP contribution in [0.3, 0.4) is 0 Å². The molecule has 0 spiro atoms. The number of nitrogens with zero attached hydrogens (tertiary/aromatic N) is 4. The van der Waals surface area contributed by atoms with Gasteiger partial charge in [-0.25, -0.2) is 26.3 Å². The molecule has 4 saturated heterocycles. The summed E-state index contributed by atoms with van der Waals surface area (Å²) in [6.07, 6.45) is 15.0. The lowest BCUT2D eigenvalue weighted by molar-refractivity contribution is 0.0620. The number of carbonyl (C=O) groups excluding carboxylic acids is 2. The normalized spacial score (nSPS) is 21.9. The van der Waals surface area contributed by atoms with Crippen molar-refractivity contribution < 1.29 is 26.4 Å². The van der Waals surface area contributed by atoms with Gasteiger partial charge in [0.25, 0.3) is 11.8 Å². The molecule has 2 saturated carbocycles. The molecular formula is C58H80Cl4N8O6S2. The number of nitrogens with one attached hydrogen (secondary N) is 4. The monoisotopic (exact) mass is 1190 g/mol. The number of rotatable bonds is 19. The number of hydrogen-bond donors (Lipinski definition) is 4. The molecule has 2 aromatic heterocycles. The quantitative estimate of drug-likeness (QED) is 0.0720. The predicted molar refractivity (Wildman–Crippen MR) is 314 cm³/mol. The highest BCUT2D eigenvalue weighted by Gasteiger charge is 2.39. The van der Waals surface area contributed by atoms with Gasteiger partial charge in [-0.3, -0.25) is 14.5 Å². The average Bonchev–Trinajstić information content (AvgIpc) is 4.02. The Morgan fingerprint density at radius 3 is 1.55 bits per heavy atom. The molecule has 20 heteroatoms. The van der Waals surface area contributed by atoms with Crippen LogP contribution < -0.4 is 20.1 Å². The van der Waals surface area contributed by atoms with Crippen molar-refractivity contribution in [1.82, 2.24) is 39.0 Å². The maximum absolute atomic E-state index is 14.3. The summed E-state index contributed by atoms with van der Waals surface area (Å²) in [7, 11) is -8.15. The van der Waals surface area contributed by atoms with E-state index in [9.17, 15) is 26.4 Å². The fraction of sp³-hybridized carbons (Fsp3) is 0.621. The van der Waals surface area contributed by atoms with Crippen LogP contribution in [0, 0.1) is 31.6 Å². The molecule has 6 aliphatic rings. The Morgan fingerprint density at radius 2 is 1.10 bits per heavy atom. The minimum absolute atomic E-state index is 0.0561. The van der Waals surface area contributed by atoms with Crippen LogP contribution in [-0.2, 0) is 33.1 Å². The van der Waals surface area contributed by atoms with Crippen molar-refractivity contribution in [1.29, 1.82) is 0 Å². The van der Waals surface area contributed by atoms with Gasteiger partial charge in [-0.2, -0.15) is 0 Å². The topological polar surface area (TPSA) is 167 Å². The molecule has 2 unspecified atom stereocenters. The second-order valence-electron chi connectivity index (χ2n) is 24.8. The van der Waals surface area contributed by atoms with Crippen molar-refractivity contribution >= 4 is 78.3 Å². The van der Waals surface area contributed by atoms with E-state index in [0.29, 0.717) is 71.8 Å². The number of fused-ring (bicyclic) bond motifs is 3. The summed E-state index contributed by atoms with van der Waals surface area (Å²) >= 11 is 27.8. The van der Waals surface area contributed by atoms with E-state index in [1.807, 2.05) is 39.8 Å². The molecule has 2 atom stereocenters. The summed E-state index contributed by atoms with van der Waals surface area (Å²) in [5.41, 5.74) is 3.69. The number of hydrogen-bond acceptors (Lipinski definition) is 8. The van der Waals surface area contributed by atoms with Gasteiger partial charge in [0.15, 0.2) is 0 Å². The van der Waals surface area contributed by atoms with Crippen LogP contribution in [0.1, 0.15) is 157 Å². The molecule has 2 aliphatic carbocycles. The summed E-state index contributed by atoms with van der Waals surface area (Å²) in [6.45, 7) is 19.1. The number of carbonyl (C=O) groups is 2. The van der Waals surface area contributed by atoms with E-state index in [2.05, 4.69) is 39.0 Å². The molecule has 6 heterocycles. The van der Waals surface area contributed by atoms with Crippen LogP contribution in [0.2, 0.25) is 20.1 Å². The second-order valence-corrected chi connectivity index (χ2v) is 29.6. The number of sulfonamides is 2. The summed E-state index contributed by atoms with van der Waals surface area (Å²) in [5.74, 6) is 1.01. The van der Waals surface area contributed by atoms with Gasteiger partial charge in [0.2, 0.25) is 20.0 Å². The highest BCUT2D eigenvalue weighted by molar-refractivity contribution is 7.90. The average molecular weight is 1190 g/mol. The zero-order valence-corrected chi connectivity index (χ0v) is 51.1. The Kier molecular flexibility index (Phi) is 18.3. The number of likely N-dealkylation sites (tertiary alicyclic amines) is 1. The van der Waals surface area contributed by atoms with E-state index in [-0.39, 0.29) is 53.8 Å². The molecule has 2 aromatic carbocycles. The van der Waals surface area contributed by atoms with Gasteiger partial charge in [-0.1, -0.05) is 84.9 Å². The number of benzene rings is 2. The molecule has 4 N–H and O–H groups in total. The smallest absolute Gasteiger partial charge is 0.253 e. The second kappa shape index (κ2) is 24.0. The number of halogens is 4. The Labute approximate surface area is 483 Å². The zero-order chi connectivity index (χ0) is 56.1. The van der Waals surface area contributed by atoms with Crippen molar-refractivity contribution in [3.63, 3.8) is 0 Å². The molecule has 428 valence electrons. The van der Waals surface area contributed by atoms with Crippen molar-refractivity contribution in [3.05, 3.63) is 79.0 Å². The van der Waals surface area contributed by atoms with Crippen molar-refractivity contribution in [2.75, 3.05) is 39.3 Å². The third-order valence-electron chi connectivity index (χ3n) is 17.3. The first-order valence-corrected chi connectivity index (χ1v) is 32.8. The van der Waals surface area contributed by atoms with E-state index in [4.69, 9.17) is 46.4 Å². The van der Waals surface area contributed by atoms with Gasteiger partial charge in [0, 0.05) is 78.4 Å². The van der Waals surface area contributed by atoms with Gasteiger partial charge in [0.1, 0.15) is 9.79 Å². The number of aromatic nitrogens is 2. The molecule has 4 aromatic rings. The molecule has 10 rings (SSSR count). The molecule has 0 radical (unpaired) electrons. The molecule has 4 aliphatic heterocycles. The lowest BCUT2D eigenvalue weighted by Crippen LogP contribution is -2.57. The molecule has 2 amide bonds. The summed E-state index contributed by atoms with van der Waals surface area (Å²) in [6, 6.07) is 10.3. The van der Waals surface area contributed by atoms with Crippen LogP contribution in [0.25, 0.3) is 22.5 Å². The number of piperidine rings is 3. The lowest BCUT2D eigenvalue weighted by atomic mass is 9.84. The maximum atomic E-state index is 14.3. The first kappa shape index (κ1) is 59.5. The van der Waals surface area contributed by atoms with Gasteiger partial charge in [-0.15, -0.1) is 0 Å². The zero-order valence-electron chi connectivity index (χ0n) is 46.5. The summed E-state index contributed by atoms with van der Waals surface area (Å²) < 4.78 is 65.2. The van der Waals surface area contributed by atoms with E-state index < -0.39 is 31.1 Å². The highest BCUT2D eigenvalue weighted by atomic mass is 35.5. The van der Waals surface area contributed by atoms with Gasteiger partial charge in [0.05, 0.1) is 42.6 Å². The summed E-state index contributed by atoms with van der Waals surface area (Å²) in [5, 5.41) is 6.57. The molecule has 78 heavy (non-hydrogen) atoms. The fourth-order valence-electron chi connectivity index (χ4n) is 13.1. The van der Waals surface area contributed by atoms with Crippen LogP contribution in [-0.4, -0.2) is 110 Å². The predicted octanol–water partition coefficient (Wildman–Crippen LogP) is 11.9. The van der Waals surface area contributed by atoms with Crippen LogP contribution in [0.4, 0.5) is 0 Å². The SMILES string of the molecule is Cc1c(C(=O)NCCN2CCC2CC(C)(C)NS(=O)(=O)c2ccc(-c3cc(C(=O)NC4CN5CCC4CC5)c(C)n3CC3CCCCC3)c(Cl)c2Cl)cc(-c2ccc(S(=O)(=O)NC(C)(C)C)c(Cl)c2Cl)n1CC1CCCCC1. The van der Waals surface area contributed by atoms with Crippen LogP contribution in [0.5, 0.6) is 0 Å². The Hall–Kier alpha value is -3.16. The third-order valence-corrected chi connectivity index (χ3v) is 22.8. The van der Waals surface area contributed by atoms with Gasteiger partial charge in [-0.05, 0) is 174 Å². The molecule has 2 bridgehead atoms. The third kappa shape index (κ3) is 13.2. The lowest BCUT2D eigenvalue weighted by Gasteiger charge is -2.44. The van der Waals surface area contributed by atoms with Crippen molar-refractivity contribution in [2.24, 2.45) is 17.8 Å². The van der Waals surface area contributed by atoms with E-state index in [1.54, 1.807) is 32.9 Å². The highest BCUT2D eigenvalue weighted by Crippen LogP contribution is 2.43. The molecule has 6 fully saturated rings. The van der Waals surface area contributed by atoms with Crippen molar-refractivity contribution in [3.8, 4) is 22.5 Å². The van der Waals surface area contributed by atoms with Crippen molar-refractivity contribution in [2.45, 2.75) is 184 Å². The number of amides is 2. The Balaban J connectivity index is 0.860. The molecule has 14 nitrogen and oxygen atoms in total. The standard InChI is InChI=1S/C58H80Cl4N8O6S2/c1-36-44(30-47(69(36)33-38-14-10-8-11-15-38)42-18-20-49(53(61)51(42)59)77(73,74)65-57(3,4)5)55(71)63-25-29-68-28-24-41(68)32-58(6,7)66-78(75,76)50-21-19-43(52(60)54(50)62)48-31-45(37(2)70(48)34-39-16-12-9-13-17-39)56(72)64-46-35-67-26-22-40(46)23-27-67/h18-21,30-31,38-41,46,65-66H,8-17,22-29,32-35H2,1-7H3,(H,63,71)(H,64,72). The van der Waals surface area contributed by atoms with Crippen LogP contribution in [0.15, 0.2) is 46.2 Å². The van der Waals surface area contributed by atoms with E-state index in [0.717, 1.165) is 108 Å².